The fraction of sp³-hybridized carbons (Fsp3) is 0.692. The zero-order chi connectivity index (χ0) is 14.8. The second kappa shape index (κ2) is 11.4. The van der Waals surface area contributed by atoms with Gasteiger partial charge in [-0.2, -0.15) is 0 Å². The molecule has 0 aromatic heterocycles. The number of carbonyl (C=O) groups is 2. The summed E-state index contributed by atoms with van der Waals surface area (Å²) in [5.74, 6) is -2.51. The first-order chi connectivity index (χ1) is 8.84. The molecule has 0 aliphatic heterocycles. The summed E-state index contributed by atoms with van der Waals surface area (Å²) in [6.07, 6.45) is 6.95. The van der Waals surface area contributed by atoms with Crippen LogP contribution in [0.4, 0.5) is 0 Å². The summed E-state index contributed by atoms with van der Waals surface area (Å²) < 4.78 is 0. The van der Waals surface area contributed by atoms with Gasteiger partial charge in [-0.1, -0.05) is 19.3 Å². The molecule has 7 heteroatoms. The first-order valence-corrected chi connectivity index (χ1v) is 6.33. The van der Waals surface area contributed by atoms with Gasteiger partial charge in [0.1, 0.15) is 0 Å². The molecular weight excluding hydrogens is 266 g/mol. The van der Waals surface area contributed by atoms with E-state index >= 15 is 0 Å². The van der Waals surface area contributed by atoms with Crippen LogP contribution in [0.3, 0.4) is 0 Å². The van der Waals surface area contributed by atoms with Crippen LogP contribution < -0.4 is 0 Å². The average Bonchev–Trinajstić information content (AvgIpc) is 2.52. The number of hydrogen-bond acceptors (Lipinski definition) is 4. The molecule has 0 amide bonds. The van der Waals surface area contributed by atoms with Crippen LogP contribution in [-0.4, -0.2) is 63.9 Å². The lowest BCUT2D eigenvalue weighted by Crippen LogP contribution is -2.37. The van der Waals surface area contributed by atoms with Gasteiger partial charge in [-0.05, 0) is 26.9 Å². The van der Waals surface area contributed by atoms with Crippen molar-refractivity contribution >= 4 is 11.9 Å². The molecule has 0 aromatic rings. The Bertz CT molecular complexity index is 300. The summed E-state index contributed by atoms with van der Waals surface area (Å²) in [6, 6.07) is 0.400. The molecule has 0 saturated heterocycles. The molecule has 118 valence electrons. The Hall–Kier alpha value is -1.44. The van der Waals surface area contributed by atoms with Crippen molar-refractivity contribution in [2.75, 3.05) is 14.1 Å². The van der Waals surface area contributed by atoms with Crippen LogP contribution in [0.15, 0.2) is 12.2 Å². The number of hydrogen-bond donors (Lipinski definition) is 3. The third kappa shape index (κ3) is 10.5. The SMILES string of the molecule is CN(C)[C@@H]1CCCCC[C@H]1O.O.O=C(O)C=CC(=O)O. The van der Waals surface area contributed by atoms with Crippen molar-refractivity contribution in [3.63, 3.8) is 0 Å². The van der Waals surface area contributed by atoms with Gasteiger partial charge in [-0.15, -0.1) is 0 Å². The highest BCUT2D eigenvalue weighted by Crippen LogP contribution is 2.20. The van der Waals surface area contributed by atoms with Crippen molar-refractivity contribution < 1.29 is 30.4 Å². The van der Waals surface area contributed by atoms with Crippen molar-refractivity contribution in [2.45, 2.75) is 44.2 Å². The van der Waals surface area contributed by atoms with Gasteiger partial charge in [-0.25, -0.2) is 9.59 Å². The van der Waals surface area contributed by atoms with E-state index in [1.54, 1.807) is 0 Å². The number of carboxylic acid groups (broad SMARTS) is 2. The van der Waals surface area contributed by atoms with Crippen molar-refractivity contribution in [3.8, 4) is 0 Å². The molecule has 0 aromatic carbocycles. The summed E-state index contributed by atoms with van der Waals surface area (Å²) in [7, 11) is 4.11. The van der Waals surface area contributed by atoms with Gasteiger partial charge in [0.05, 0.1) is 6.10 Å². The van der Waals surface area contributed by atoms with E-state index in [1.807, 2.05) is 0 Å². The van der Waals surface area contributed by atoms with Crippen LogP contribution in [0.2, 0.25) is 0 Å². The lowest BCUT2D eigenvalue weighted by molar-refractivity contribution is -0.134. The molecule has 1 saturated carbocycles. The molecular formula is C13H25NO6. The van der Waals surface area contributed by atoms with Crippen LogP contribution in [0.1, 0.15) is 32.1 Å². The van der Waals surface area contributed by atoms with E-state index in [0.717, 1.165) is 12.8 Å². The number of aliphatic hydroxyl groups excluding tert-OH is 1. The van der Waals surface area contributed by atoms with Gasteiger partial charge in [0.2, 0.25) is 0 Å². The Kier molecular flexibility index (Phi) is 11.9. The van der Waals surface area contributed by atoms with E-state index in [2.05, 4.69) is 19.0 Å². The first-order valence-electron chi connectivity index (χ1n) is 6.33. The zero-order valence-electron chi connectivity index (χ0n) is 12.0. The third-order valence-electron chi connectivity index (χ3n) is 2.98. The molecule has 20 heavy (non-hydrogen) atoms. The third-order valence-corrected chi connectivity index (χ3v) is 2.98. The number of likely N-dealkylation sites (N-methyl/N-ethyl adjacent to an activating group) is 1. The largest absolute Gasteiger partial charge is 0.478 e. The topological polar surface area (TPSA) is 130 Å². The highest BCUT2D eigenvalue weighted by Gasteiger charge is 2.22. The molecule has 7 nitrogen and oxygen atoms in total. The smallest absolute Gasteiger partial charge is 0.328 e. The first kappa shape index (κ1) is 20.9. The number of nitrogens with zero attached hydrogens (tertiary/aromatic N) is 1. The lowest BCUT2D eigenvalue weighted by Gasteiger charge is -2.26. The lowest BCUT2D eigenvalue weighted by atomic mass is 10.1. The molecule has 0 unspecified atom stereocenters. The number of rotatable bonds is 3. The summed E-state index contributed by atoms with van der Waals surface area (Å²) in [5.41, 5.74) is 0. The number of aliphatic carboxylic acids is 2. The molecule has 0 radical (unpaired) electrons. The molecule has 0 bridgehead atoms. The van der Waals surface area contributed by atoms with Crippen LogP contribution in [0.5, 0.6) is 0 Å². The van der Waals surface area contributed by atoms with Crippen molar-refractivity contribution in [2.24, 2.45) is 0 Å². The molecule has 1 fully saturated rings. The predicted molar refractivity (Wildman–Crippen MR) is 74.6 cm³/mol. The maximum atomic E-state index is 9.68. The van der Waals surface area contributed by atoms with E-state index in [-0.39, 0.29) is 11.6 Å². The molecule has 1 aliphatic carbocycles. The second-order valence-electron chi connectivity index (χ2n) is 4.75. The molecule has 1 aliphatic rings. The Balaban J connectivity index is 0. The minimum Gasteiger partial charge on any atom is -0.478 e. The maximum Gasteiger partial charge on any atom is 0.328 e. The van der Waals surface area contributed by atoms with Crippen LogP contribution in [0.25, 0.3) is 0 Å². The highest BCUT2D eigenvalue weighted by molar-refractivity contribution is 5.89. The summed E-state index contributed by atoms with van der Waals surface area (Å²) in [6.45, 7) is 0. The van der Waals surface area contributed by atoms with Gasteiger partial charge >= 0.3 is 11.9 Å². The summed E-state index contributed by atoms with van der Waals surface area (Å²) in [4.78, 5) is 21.3. The maximum absolute atomic E-state index is 9.68. The van der Waals surface area contributed by atoms with Crippen molar-refractivity contribution in [1.29, 1.82) is 0 Å². The van der Waals surface area contributed by atoms with E-state index < -0.39 is 11.9 Å². The van der Waals surface area contributed by atoms with Crippen molar-refractivity contribution in [3.05, 3.63) is 12.2 Å². The van der Waals surface area contributed by atoms with Gasteiger partial charge in [0, 0.05) is 18.2 Å². The normalized spacial score (nSPS) is 22.4. The van der Waals surface area contributed by atoms with E-state index in [1.165, 1.54) is 19.3 Å². The highest BCUT2D eigenvalue weighted by atomic mass is 16.4. The average molecular weight is 291 g/mol. The molecule has 2 atom stereocenters. The molecule has 1 rings (SSSR count). The number of carboxylic acids is 2. The minimum absolute atomic E-state index is 0. The van der Waals surface area contributed by atoms with Gasteiger partial charge in [0.15, 0.2) is 0 Å². The van der Waals surface area contributed by atoms with E-state index in [4.69, 9.17) is 10.2 Å². The molecule has 0 spiro atoms. The monoisotopic (exact) mass is 291 g/mol. The molecule has 5 N–H and O–H groups in total. The standard InChI is InChI=1S/C9H19NO.C4H4O4.H2O/c1-10(2)8-6-4-3-5-7-9(8)11;5-3(6)1-2-4(7)8;/h8-9,11H,3-7H2,1-2H3;1-2H,(H,5,6)(H,7,8);1H2/t8-,9-;;/m1../s1. The fourth-order valence-electron chi connectivity index (χ4n) is 2.01. The van der Waals surface area contributed by atoms with Crippen molar-refractivity contribution in [1.82, 2.24) is 4.90 Å². The Labute approximate surface area is 118 Å². The van der Waals surface area contributed by atoms with E-state index in [9.17, 15) is 14.7 Å². The Morgan fingerprint density at radius 3 is 1.85 bits per heavy atom. The second-order valence-corrected chi connectivity index (χ2v) is 4.75. The zero-order valence-corrected chi connectivity index (χ0v) is 12.0. The quantitative estimate of drug-likeness (QED) is 0.500. The Morgan fingerprint density at radius 2 is 1.45 bits per heavy atom. The van der Waals surface area contributed by atoms with Crippen LogP contribution in [0, 0.1) is 0 Å². The van der Waals surface area contributed by atoms with Gasteiger partial charge < -0.3 is 25.7 Å². The predicted octanol–water partition coefficient (Wildman–Crippen LogP) is 0.129. The fourth-order valence-corrected chi connectivity index (χ4v) is 2.01. The summed E-state index contributed by atoms with van der Waals surface area (Å²) in [5, 5.41) is 25.3. The van der Waals surface area contributed by atoms with Crippen LogP contribution in [-0.2, 0) is 9.59 Å². The van der Waals surface area contributed by atoms with Gasteiger partial charge in [0.25, 0.3) is 0 Å². The number of aliphatic hydroxyl groups is 1. The molecule has 0 heterocycles. The van der Waals surface area contributed by atoms with Crippen LogP contribution >= 0.6 is 0 Å². The minimum atomic E-state index is -1.26. The summed E-state index contributed by atoms with van der Waals surface area (Å²) >= 11 is 0. The Morgan fingerprint density at radius 1 is 1.00 bits per heavy atom. The van der Waals surface area contributed by atoms with Gasteiger partial charge in [-0.3, -0.25) is 0 Å². The van der Waals surface area contributed by atoms with E-state index in [0.29, 0.717) is 18.2 Å².